The van der Waals surface area contributed by atoms with Gasteiger partial charge in [0.1, 0.15) is 0 Å². The maximum absolute atomic E-state index is 12.8. The molecule has 148 valence electrons. The summed E-state index contributed by atoms with van der Waals surface area (Å²) in [5.41, 5.74) is -2.64. The number of thioether (sulfide) groups is 1. The summed E-state index contributed by atoms with van der Waals surface area (Å²) in [5, 5.41) is 0.312. The van der Waals surface area contributed by atoms with E-state index in [2.05, 4.69) is 9.97 Å². The number of carbonyl (C=O) groups excluding carboxylic acids is 3. The first-order chi connectivity index (χ1) is 12.7. The third-order valence-corrected chi connectivity index (χ3v) is 5.34. The third kappa shape index (κ3) is 4.40. The molecule has 8 nitrogen and oxygen atoms in total. The molecule has 1 aromatic heterocycles. The van der Waals surface area contributed by atoms with E-state index in [1.54, 1.807) is 13.8 Å². The molecule has 1 aliphatic rings. The lowest BCUT2D eigenvalue weighted by Gasteiger charge is -2.24. The molecule has 0 amide bonds. The quantitative estimate of drug-likeness (QED) is 0.306. The normalized spacial score (nSPS) is 24.5. The van der Waals surface area contributed by atoms with Gasteiger partial charge in [-0.15, -0.1) is 0 Å². The van der Waals surface area contributed by atoms with Gasteiger partial charge in [-0.05, 0) is 27.2 Å². The molecule has 27 heavy (non-hydrogen) atoms. The van der Waals surface area contributed by atoms with E-state index in [-0.39, 0.29) is 36.5 Å². The fraction of sp³-hybridized carbons (Fsp3) is 0.611. The fourth-order valence-corrected chi connectivity index (χ4v) is 4.15. The zero-order valence-corrected chi connectivity index (χ0v) is 16.7. The lowest BCUT2D eigenvalue weighted by molar-refractivity contribution is -0.167. The van der Waals surface area contributed by atoms with Crippen LogP contribution in [0.1, 0.15) is 45.7 Å². The molecular weight excluding hydrogens is 372 g/mol. The first-order valence-electron chi connectivity index (χ1n) is 8.81. The van der Waals surface area contributed by atoms with Gasteiger partial charge in [0, 0.05) is 18.2 Å². The van der Waals surface area contributed by atoms with E-state index >= 15 is 0 Å². The minimum absolute atomic E-state index is 0.0529. The van der Waals surface area contributed by atoms with Crippen LogP contribution < -0.4 is 5.56 Å². The Morgan fingerprint density at radius 2 is 2.07 bits per heavy atom. The van der Waals surface area contributed by atoms with Crippen molar-refractivity contribution < 1.29 is 23.9 Å². The molecule has 2 atom stereocenters. The van der Waals surface area contributed by atoms with Crippen LogP contribution in [0.25, 0.3) is 0 Å². The largest absolute Gasteiger partial charge is 0.465 e. The molecule has 0 radical (unpaired) electrons. The maximum atomic E-state index is 12.8. The zero-order valence-electron chi connectivity index (χ0n) is 15.9. The van der Waals surface area contributed by atoms with E-state index in [4.69, 9.17) is 9.47 Å². The van der Waals surface area contributed by atoms with Gasteiger partial charge in [-0.1, -0.05) is 25.1 Å². The number of carbonyl (C=O) groups is 3. The number of nitrogens with zero attached hydrogens (tertiary/aromatic N) is 1. The summed E-state index contributed by atoms with van der Waals surface area (Å²) < 4.78 is 10.5. The van der Waals surface area contributed by atoms with Gasteiger partial charge < -0.3 is 14.5 Å². The van der Waals surface area contributed by atoms with Crippen LogP contribution in [-0.4, -0.2) is 45.7 Å². The maximum Gasteiger partial charge on any atom is 0.324 e. The van der Waals surface area contributed by atoms with E-state index < -0.39 is 23.0 Å². The molecule has 1 aromatic rings. The number of H-pyrrole nitrogens is 1. The molecule has 1 saturated heterocycles. The lowest BCUT2D eigenvalue weighted by Crippen LogP contribution is -2.40. The minimum atomic E-state index is -1.45. The van der Waals surface area contributed by atoms with Crippen LogP contribution in [-0.2, 0) is 23.9 Å². The smallest absolute Gasteiger partial charge is 0.324 e. The van der Waals surface area contributed by atoms with Crippen molar-refractivity contribution in [2.45, 2.75) is 57.7 Å². The predicted molar refractivity (Wildman–Crippen MR) is 98.4 cm³/mol. The van der Waals surface area contributed by atoms with Crippen molar-refractivity contribution in [1.29, 1.82) is 0 Å². The molecule has 1 aliphatic heterocycles. The molecular formula is C18H24N2O6S. The number of esters is 2. The van der Waals surface area contributed by atoms with Gasteiger partial charge in [-0.3, -0.25) is 19.2 Å². The van der Waals surface area contributed by atoms with E-state index in [1.807, 2.05) is 6.92 Å². The summed E-state index contributed by atoms with van der Waals surface area (Å²) >= 11 is 1.05. The molecule has 0 spiro atoms. The van der Waals surface area contributed by atoms with Crippen molar-refractivity contribution in [3.8, 4) is 0 Å². The van der Waals surface area contributed by atoms with E-state index in [0.29, 0.717) is 17.3 Å². The molecule has 1 N–H and O–H groups in total. The molecule has 2 rings (SSSR count). The Morgan fingerprint density at radius 1 is 1.37 bits per heavy atom. The number of nitrogens with one attached hydrogen (secondary N) is 1. The highest BCUT2D eigenvalue weighted by atomic mass is 32.2. The number of ether oxygens (including phenoxy) is 2. The Hall–Kier alpha value is -2.16. The van der Waals surface area contributed by atoms with Gasteiger partial charge in [0.05, 0.1) is 12.4 Å². The standard InChI is InChI=1S/C18H24N2O6S/c1-5-7-18(14(23)25-6-2)10-17(4,26-15(18)24)12(21)9-27-16-19-11(3)8-13(22)20-16/h8H,5-7,9-10H2,1-4H3,(H,19,20,22)/t17-,18-/m0/s1. The summed E-state index contributed by atoms with van der Waals surface area (Å²) in [6.45, 7) is 6.84. The van der Waals surface area contributed by atoms with Crippen molar-refractivity contribution >= 4 is 29.5 Å². The van der Waals surface area contributed by atoms with Crippen molar-refractivity contribution in [2.24, 2.45) is 5.41 Å². The first-order valence-corrected chi connectivity index (χ1v) is 9.80. The highest BCUT2D eigenvalue weighted by Gasteiger charge is 2.62. The summed E-state index contributed by atoms with van der Waals surface area (Å²) in [6, 6.07) is 1.35. The van der Waals surface area contributed by atoms with E-state index in [0.717, 1.165) is 11.8 Å². The Labute approximate surface area is 161 Å². The van der Waals surface area contributed by atoms with Crippen molar-refractivity contribution in [3.05, 3.63) is 22.1 Å². The SMILES string of the molecule is CCC[C@@]1(C(=O)OCC)C[C@@](C)(C(=O)CSc2nc(C)cc(=O)[nH]2)OC1=O. The highest BCUT2D eigenvalue weighted by Crippen LogP contribution is 2.45. The predicted octanol–water partition coefficient (Wildman–Crippen LogP) is 1.79. The average molecular weight is 396 g/mol. The van der Waals surface area contributed by atoms with Crippen LogP contribution in [0.15, 0.2) is 16.0 Å². The Morgan fingerprint density at radius 3 is 2.67 bits per heavy atom. The van der Waals surface area contributed by atoms with Crippen molar-refractivity contribution in [1.82, 2.24) is 9.97 Å². The fourth-order valence-electron chi connectivity index (χ4n) is 3.19. The summed E-state index contributed by atoms with van der Waals surface area (Å²) in [5.74, 6) is -1.77. The van der Waals surface area contributed by atoms with Gasteiger partial charge in [-0.2, -0.15) is 0 Å². The van der Waals surface area contributed by atoms with E-state index in [9.17, 15) is 19.2 Å². The molecule has 2 heterocycles. The van der Waals surface area contributed by atoms with Crippen LogP contribution >= 0.6 is 11.8 Å². The number of hydrogen-bond acceptors (Lipinski definition) is 8. The van der Waals surface area contributed by atoms with Gasteiger partial charge in [0.25, 0.3) is 5.56 Å². The molecule has 0 unspecified atom stereocenters. The van der Waals surface area contributed by atoms with Crippen LogP contribution in [0.4, 0.5) is 0 Å². The topological polar surface area (TPSA) is 115 Å². The first kappa shape index (κ1) is 21.1. The number of aryl methyl sites for hydroxylation is 1. The van der Waals surface area contributed by atoms with Gasteiger partial charge in [0.15, 0.2) is 22.0 Å². The average Bonchev–Trinajstić information content (AvgIpc) is 2.85. The summed E-state index contributed by atoms with van der Waals surface area (Å²) in [4.78, 5) is 55.9. The number of ketones is 1. The highest BCUT2D eigenvalue weighted by molar-refractivity contribution is 7.99. The van der Waals surface area contributed by atoms with Crippen LogP contribution in [0.2, 0.25) is 0 Å². The van der Waals surface area contributed by atoms with Crippen molar-refractivity contribution in [3.63, 3.8) is 0 Å². The molecule has 0 aromatic carbocycles. The zero-order chi connectivity index (χ0) is 20.2. The van der Waals surface area contributed by atoms with E-state index in [1.165, 1.54) is 13.0 Å². The Balaban J connectivity index is 2.17. The summed E-state index contributed by atoms with van der Waals surface area (Å²) in [6.07, 6.45) is 0.775. The lowest BCUT2D eigenvalue weighted by atomic mass is 9.76. The third-order valence-electron chi connectivity index (χ3n) is 4.47. The Bertz CT molecular complexity index is 807. The molecule has 9 heteroatoms. The number of cyclic esters (lactones) is 1. The van der Waals surface area contributed by atoms with Crippen molar-refractivity contribution in [2.75, 3.05) is 12.4 Å². The van der Waals surface area contributed by atoms with Gasteiger partial charge in [-0.25, -0.2) is 4.98 Å². The molecule has 0 saturated carbocycles. The number of hydrogen-bond donors (Lipinski definition) is 1. The van der Waals surface area contributed by atoms with Crippen LogP contribution in [0, 0.1) is 12.3 Å². The molecule has 0 aliphatic carbocycles. The van der Waals surface area contributed by atoms with Crippen LogP contribution in [0.5, 0.6) is 0 Å². The van der Waals surface area contributed by atoms with Gasteiger partial charge in [0.2, 0.25) is 0 Å². The Kier molecular flexibility index (Phi) is 6.46. The van der Waals surface area contributed by atoms with Gasteiger partial charge >= 0.3 is 11.9 Å². The monoisotopic (exact) mass is 396 g/mol. The number of aromatic nitrogens is 2. The number of aromatic amines is 1. The molecule has 0 bridgehead atoms. The second-order valence-corrected chi connectivity index (χ2v) is 7.72. The van der Waals surface area contributed by atoms with Crippen LogP contribution in [0.3, 0.4) is 0 Å². The number of Topliss-reactive ketones (excluding diaryl/α,β-unsaturated/α-hetero) is 1. The second-order valence-electron chi connectivity index (χ2n) is 6.75. The molecule has 1 fully saturated rings. The second kappa shape index (κ2) is 8.24. The number of rotatable bonds is 8. The summed E-state index contributed by atoms with van der Waals surface area (Å²) in [7, 11) is 0. The minimum Gasteiger partial charge on any atom is -0.465 e.